The quantitative estimate of drug-likeness (QED) is 0.856. The molecule has 1 aromatic rings. The first-order chi connectivity index (χ1) is 8.29. The highest BCUT2D eigenvalue weighted by atomic mass is 19.4. The third kappa shape index (κ3) is 4.75. The lowest BCUT2D eigenvalue weighted by molar-refractivity contribution is -0.146. The summed E-state index contributed by atoms with van der Waals surface area (Å²) in [4.78, 5) is 10.7. The van der Waals surface area contributed by atoms with E-state index in [4.69, 9.17) is 5.11 Å². The predicted molar refractivity (Wildman–Crippen MR) is 60.1 cm³/mol. The third-order valence-corrected chi connectivity index (χ3v) is 2.46. The third-order valence-electron chi connectivity index (χ3n) is 2.46. The van der Waals surface area contributed by atoms with E-state index in [1.165, 1.54) is 19.1 Å². The van der Waals surface area contributed by atoms with E-state index in [-0.39, 0.29) is 0 Å². The van der Waals surface area contributed by atoms with Gasteiger partial charge in [-0.3, -0.25) is 10.1 Å². The summed E-state index contributed by atoms with van der Waals surface area (Å²) in [5, 5.41) is 11.2. The van der Waals surface area contributed by atoms with Gasteiger partial charge < -0.3 is 5.11 Å². The van der Waals surface area contributed by atoms with Crippen LogP contribution in [0.1, 0.15) is 24.9 Å². The van der Waals surface area contributed by atoms with Gasteiger partial charge in [0.05, 0.1) is 6.42 Å². The molecule has 0 saturated carbocycles. The van der Waals surface area contributed by atoms with Crippen LogP contribution in [0.25, 0.3) is 0 Å². The zero-order valence-electron chi connectivity index (χ0n) is 9.74. The van der Waals surface area contributed by atoms with Gasteiger partial charge in [0.25, 0.3) is 0 Å². The number of carboxylic acid groups (broad SMARTS) is 1. The number of aliphatic carboxylic acids is 1. The van der Waals surface area contributed by atoms with Crippen molar-refractivity contribution in [1.29, 1.82) is 0 Å². The largest absolute Gasteiger partial charge is 0.480 e. The Morgan fingerprint density at radius 2 is 1.89 bits per heavy atom. The highest BCUT2D eigenvalue weighted by molar-refractivity contribution is 5.72. The molecule has 2 N–H and O–H groups in total. The first kappa shape index (κ1) is 14.5. The van der Waals surface area contributed by atoms with Gasteiger partial charge in [-0.15, -0.1) is 0 Å². The van der Waals surface area contributed by atoms with Crippen LogP contribution in [-0.4, -0.2) is 23.3 Å². The Bertz CT molecular complexity index is 392. The summed E-state index contributed by atoms with van der Waals surface area (Å²) >= 11 is 0. The Labute approximate surface area is 103 Å². The molecule has 0 spiro atoms. The van der Waals surface area contributed by atoms with Gasteiger partial charge in [0.1, 0.15) is 6.04 Å². The van der Waals surface area contributed by atoms with Crippen molar-refractivity contribution < 1.29 is 23.1 Å². The number of carbonyl (C=O) groups is 1. The summed E-state index contributed by atoms with van der Waals surface area (Å²) in [7, 11) is 0. The summed E-state index contributed by atoms with van der Waals surface area (Å²) in [5.41, 5.74) is 0.419. The number of halogens is 3. The second-order valence-corrected chi connectivity index (χ2v) is 4.01. The minimum Gasteiger partial charge on any atom is -0.480 e. The normalized spacial score (nSPS) is 15.1. The van der Waals surface area contributed by atoms with Crippen LogP contribution in [0.15, 0.2) is 30.3 Å². The van der Waals surface area contributed by atoms with Gasteiger partial charge in [-0.05, 0) is 12.5 Å². The van der Waals surface area contributed by atoms with Crippen LogP contribution in [-0.2, 0) is 4.79 Å². The number of rotatable bonds is 5. The molecular weight excluding hydrogens is 247 g/mol. The molecule has 1 rings (SSSR count). The molecule has 1 aromatic carbocycles. The number of alkyl halides is 3. The number of nitrogens with one attached hydrogen (secondary N) is 1. The van der Waals surface area contributed by atoms with Crippen molar-refractivity contribution in [3.05, 3.63) is 35.9 Å². The van der Waals surface area contributed by atoms with Crippen molar-refractivity contribution >= 4 is 5.97 Å². The van der Waals surface area contributed by atoms with E-state index in [0.717, 1.165) is 0 Å². The summed E-state index contributed by atoms with van der Waals surface area (Å²) in [6.07, 6.45) is -5.46. The molecule has 2 atom stereocenters. The summed E-state index contributed by atoms with van der Waals surface area (Å²) in [6.45, 7) is 1.31. The number of carboxylic acids is 1. The Morgan fingerprint density at radius 3 is 2.33 bits per heavy atom. The van der Waals surface area contributed by atoms with Crippen LogP contribution < -0.4 is 5.32 Å². The molecule has 0 aliphatic carbocycles. The molecule has 0 saturated heterocycles. The van der Waals surface area contributed by atoms with E-state index in [1.54, 1.807) is 18.2 Å². The zero-order valence-corrected chi connectivity index (χ0v) is 9.74. The molecule has 6 heteroatoms. The molecule has 3 nitrogen and oxygen atoms in total. The van der Waals surface area contributed by atoms with Crippen LogP contribution in [0.3, 0.4) is 0 Å². The number of benzene rings is 1. The fourth-order valence-corrected chi connectivity index (χ4v) is 1.56. The van der Waals surface area contributed by atoms with Gasteiger partial charge in [0, 0.05) is 6.04 Å². The smallest absolute Gasteiger partial charge is 0.390 e. The van der Waals surface area contributed by atoms with Gasteiger partial charge in [0.15, 0.2) is 0 Å². The lowest BCUT2D eigenvalue weighted by Crippen LogP contribution is -2.38. The molecule has 0 fully saturated rings. The van der Waals surface area contributed by atoms with E-state index in [0.29, 0.717) is 5.56 Å². The maximum atomic E-state index is 12.5. The molecule has 0 bridgehead atoms. The fraction of sp³-hybridized carbons (Fsp3) is 0.417. The van der Waals surface area contributed by atoms with Crippen LogP contribution in [0.2, 0.25) is 0 Å². The van der Waals surface area contributed by atoms with Crippen LogP contribution in [0.5, 0.6) is 0 Å². The molecule has 0 aliphatic heterocycles. The Kier molecular flexibility index (Phi) is 4.72. The van der Waals surface area contributed by atoms with Gasteiger partial charge in [-0.1, -0.05) is 30.3 Å². The molecule has 0 aliphatic rings. The highest BCUT2D eigenvalue weighted by Crippen LogP contribution is 2.29. The average Bonchev–Trinajstić information content (AvgIpc) is 2.27. The van der Waals surface area contributed by atoms with Crippen LogP contribution in [0.4, 0.5) is 13.2 Å². The summed E-state index contributed by atoms with van der Waals surface area (Å²) in [6, 6.07) is 5.90. The molecule has 100 valence electrons. The first-order valence-corrected chi connectivity index (χ1v) is 5.40. The lowest BCUT2D eigenvalue weighted by Gasteiger charge is -2.22. The molecule has 0 radical (unpaired) electrons. The molecule has 0 amide bonds. The molecule has 18 heavy (non-hydrogen) atoms. The SMILES string of the molecule is C[C@H](NC(CC(F)(F)F)c1ccccc1)C(=O)O. The summed E-state index contributed by atoms with van der Waals surface area (Å²) < 4.78 is 37.4. The fourth-order valence-electron chi connectivity index (χ4n) is 1.56. The van der Waals surface area contributed by atoms with E-state index < -0.39 is 30.7 Å². The van der Waals surface area contributed by atoms with Crippen LogP contribution >= 0.6 is 0 Å². The average molecular weight is 261 g/mol. The first-order valence-electron chi connectivity index (χ1n) is 5.40. The van der Waals surface area contributed by atoms with Gasteiger partial charge >= 0.3 is 12.1 Å². The zero-order chi connectivity index (χ0) is 13.8. The maximum Gasteiger partial charge on any atom is 0.390 e. The van der Waals surface area contributed by atoms with Gasteiger partial charge in [-0.2, -0.15) is 13.2 Å². The van der Waals surface area contributed by atoms with E-state index in [1.807, 2.05) is 0 Å². The Morgan fingerprint density at radius 1 is 1.33 bits per heavy atom. The van der Waals surface area contributed by atoms with Crippen LogP contribution in [0, 0.1) is 0 Å². The monoisotopic (exact) mass is 261 g/mol. The van der Waals surface area contributed by atoms with Gasteiger partial charge in [0.2, 0.25) is 0 Å². The molecule has 1 unspecified atom stereocenters. The van der Waals surface area contributed by atoms with Crippen molar-refractivity contribution in [2.45, 2.75) is 31.6 Å². The summed E-state index contributed by atoms with van der Waals surface area (Å²) in [5.74, 6) is -1.18. The van der Waals surface area contributed by atoms with Crippen molar-refractivity contribution in [1.82, 2.24) is 5.32 Å². The van der Waals surface area contributed by atoms with E-state index in [9.17, 15) is 18.0 Å². The number of hydrogen-bond donors (Lipinski definition) is 2. The van der Waals surface area contributed by atoms with Crippen molar-refractivity contribution in [2.24, 2.45) is 0 Å². The van der Waals surface area contributed by atoms with E-state index >= 15 is 0 Å². The second-order valence-electron chi connectivity index (χ2n) is 4.01. The predicted octanol–water partition coefficient (Wildman–Crippen LogP) is 2.74. The van der Waals surface area contributed by atoms with Crippen molar-refractivity contribution in [3.63, 3.8) is 0 Å². The Balaban J connectivity index is 2.86. The topological polar surface area (TPSA) is 49.3 Å². The minimum atomic E-state index is -4.36. The van der Waals surface area contributed by atoms with Crippen molar-refractivity contribution in [3.8, 4) is 0 Å². The number of hydrogen-bond acceptors (Lipinski definition) is 2. The lowest BCUT2D eigenvalue weighted by atomic mass is 10.0. The highest BCUT2D eigenvalue weighted by Gasteiger charge is 2.33. The standard InChI is InChI=1S/C12H14F3NO2/c1-8(11(17)18)16-10(7-12(13,14)15)9-5-3-2-4-6-9/h2-6,8,10,16H,7H2,1H3,(H,17,18)/t8-,10?/m0/s1. The second kappa shape index (κ2) is 5.86. The van der Waals surface area contributed by atoms with E-state index in [2.05, 4.69) is 5.32 Å². The molecule has 0 aromatic heterocycles. The van der Waals surface area contributed by atoms with Crippen molar-refractivity contribution in [2.75, 3.05) is 0 Å². The van der Waals surface area contributed by atoms with Gasteiger partial charge in [-0.25, -0.2) is 0 Å². The Hall–Kier alpha value is -1.56. The molecular formula is C12H14F3NO2. The molecule has 0 heterocycles. The maximum absolute atomic E-state index is 12.5. The minimum absolute atomic E-state index is 0.419.